The molecule has 2 heterocycles. The number of nitrogens with one attached hydrogen (secondary N) is 2. The van der Waals surface area contributed by atoms with Gasteiger partial charge in [-0.05, 0) is 37.5 Å². The summed E-state index contributed by atoms with van der Waals surface area (Å²) in [4.78, 5) is 36.6. The van der Waals surface area contributed by atoms with Gasteiger partial charge in [-0.25, -0.2) is 0 Å². The first-order chi connectivity index (χ1) is 13.9. The molecule has 0 saturated heterocycles. The van der Waals surface area contributed by atoms with Crippen molar-refractivity contribution in [3.05, 3.63) is 81.5 Å². The molecule has 2 aromatic heterocycles. The van der Waals surface area contributed by atoms with E-state index in [1.165, 1.54) is 28.5 Å². The number of nitrogens with zero attached hydrogens (tertiary/aromatic N) is 2. The molecule has 3 aromatic rings. The van der Waals surface area contributed by atoms with Crippen LogP contribution in [-0.2, 0) is 17.8 Å². The van der Waals surface area contributed by atoms with Crippen molar-refractivity contribution in [2.75, 3.05) is 11.9 Å². The van der Waals surface area contributed by atoms with Gasteiger partial charge in [0, 0.05) is 24.9 Å². The summed E-state index contributed by atoms with van der Waals surface area (Å²) in [6, 6.07) is 12.3. The van der Waals surface area contributed by atoms with E-state index in [9.17, 15) is 14.4 Å². The van der Waals surface area contributed by atoms with E-state index in [4.69, 9.17) is 4.52 Å². The molecule has 0 bridgehead atoms. The van der Waals surface area contributed by atoms with Gasteiger partial charge in [-0.15, -0.1) is 0 Å². The predicted molar refractivity (Wildman–Crippen MR) is 108 cm³/mol. The van der Waals surface area contributed by atoms with Crippen molar-refractivity contribution < 1.29 is 14.1 Å². The number of anilines is 1. The fraction of sp³-hybridized carbons (Fsp3) is 0.238. The predicted octanol–water partition coefficient (Wildman–Crippen LogP) is 2.06. The lowest BCUT2D eigenvalue weighted by Crippen LogP contribution is -2.30. The molecule has 8 nitrogen and oxygen atoms in total. The van der Waals surface area contributed by atoms with E-state index in [0.717, 1.165) is 5.56 Å². The molecular formula is C21H22N4O4. The molecule has 0 radical (unpaired) electrons. The fourth-order valence-electron chi connectivity index (χ4n) is 2.85. The van der Waals surface area contributed by atoms with Gasteiger partial charge in [-0.3, -0.25) is 14.4 Å². The summed E-state index contributed by atoms with van der Waals surface area (Å²) in [6.07, 6.45) is 2.08. The molecular weight excluding hydrogens is 372 g/mol. The second-order valence-electron chi connectivity index (χ2n) is 6.69. The monoisotopic (exact) mass is 394 g/mol. The normalized spacial score (nSPS) is 10.6. The molecule has 0 aliphatic rings. The quantitative estimate of drug-likeness (QED) is 0.638. The Hall–Kier alpha value is -3.68. The zero-order chi connectivity index (χ0) is 20.8. The van der Waals surface area contributed by atoms with E-state index in [1.54, 1.807) is 13.0 Å². The topological polar surface area (TPSA) is 106 Å². The first kappa shape index (κ1) is 20.1. The van der Waals surface area contributed by atoms with Gasteiger partial charge in [0.2, 0.25) is 5.91 Å². The summed E-state index contributed by atoms with van der Waals surface area (Å²) in [5.74, 6) is 0.0739. The Morgan fingerprint density at radius 3 is 2.66 bits per heavy atom. The van der Waals surface area contributed by atoms with E-state index in [1.807, 2.05) is 31.2 Å². The Labute approximate surface area is 167 Å². The molecule has 0 aliphatic carbocycles. The van der Waals surface area contributed by atoms with Crippen molar-refractivity contribution in [2.45, 2.75) is 26.8 Å². The summed E-state index contributed by atoms with van der Waals surface area (Å²) in [5, 5.41) is 9.05. The number of pyridine rings is 1. The molecule has 0 unspecified atom stereocenters. The lowest BCUT2D eigenvalue weighted by atomic mass is 10.1. The Bertz CT molecular complexity index is 1080. The third-order valence-electron chi connectivity index (χ3n) is 4.40. The van der Waals surface area contributed by atoms with Crippen LogP contribution in [-0.4, -0.2) is 28.1 Å². The highest BCUT2D eigenvalue weighted by Gasteiger charge is 2.11. The number of carbonyl (C=O) groups is 2. The molecule has 150 valence electrons. The highest BCUT2D eigenvalue weighted by Crippen LogP contribution is 2.08. The minimum absolute atomic E-state index is 0.241. The summed E-state index contributed by atoms with van der Waals surface area (Å²) >= 11 is 0. The Morgan fingerprint density at radius 2 is 1.93 bits per heavy atom. The molecule has 8 heteroatoms. The average Bonchev–Trinajstić information content (AvgIpc) is 3.09. The molecule has 1 aromatic carbocycles. The standard InChI is InChI=1S/C21H22N4O4/c1-14-5-3-4-6-16(14)9-10-22-21(28)17-7-8-20(27)25(12-17)13-19(26)23-18-11-15(2)29-24-18/h3-8,11-12H,9-10,13H2,1-2H3,(H,22,28)(H,23,24,26). The smallest absolute Gasteiger partial charge is 0.252 e. The summed E-state index contributed by atoms with van der Waals surface area (Å²) < 4.78 is 6.06. The van der Waals surface area contributed by atoms with Gasteiger partial charge in [0.05, 0.1) is 5.56 Å². The number of carbonyl (C=O) groups excluding carboxylic acids is 2. The minimum Gasteiger partial charge on any atom is -0.360 e. The van der Waals surface area contributed by atoms with Crippen LogP contribution in [0.3, 0.4) is 0 Å². The molecule has 0 fully saturated rings. The average molecular weight is 394 g/mol. The fourth-order valence-corrected chi connectivity index (χ4v) is 2.85. The highest BCUT2D eigenvalue weighted by molar-refractivity contribution is 5.94. The molecule has 3 rings (SSSR count). The first-order valence-electron chi connectivity index (χ1n) is 9.19. The molecule has 0 atom stereocenters. The van der Waals surface area contributed by atoms with E-state index >= 15 is 0 Å². The molecule has 2 amide bonds. The number of amides is 2. The number of hydrogen-bond acceptors (Lipinski definition) is 5. The maximum atomic E-state index is 12.4. The van der Waals surface area contributed by atoms with Crippen LogP contribution in [0.5, 0.6) is 0 Å². The van der Waals surface area contributed by atoms with Crippen LogP contribution in [0.25, 0.3) is 0 Å². The van der Waals surface area contributed by atoms with Crippen molar-refractivity contribution >= 4 is 17.6 Å². The van der Waals surface area contributed by atoms with Crippen molar-refractivity contribution in [1.82, 2.24) is 15.0 Å². The maximum absolute atomic E-state index is 12.4. The molecule has 2 N–H and O–H groups in total. The van der Waals surface area contributed by atoms with E-state index < -0.39 is 5.91 Å². The minimum atomic E-state index is -0.447. The van der Waals surface area contributed by atoms with Crippen LogP contribution in [0.4, 0.5) is 5.82 Å². The van der Waals surface area contributed by atoms with Gasteiger partial charge < -0.3 is 19.7 Å². The first-order valence-corrected chi connectivity index (χ1v) is 9.19. The molecule has 0 aliphatic heterocycles. The van der Waals surface area contributed by atoms with Crippen LogP contribution in [0.2, 0.25) is 0 Å². The Kier molecular flexibility index (Phi) is 6.23. The van der Waals surface area contributed by atoms with Crippen LogP contribution < -0.4 is 16.2 Å². The lowest BCUT2D eigenvalue weighted by molar-refractivity contribution is -0.116. The van der Waals surface area contributed by atoms with Crippen LogP contribution in [0.1, 0.15) is 27.2 Å². The van der Waals surface area contributed by atoms with Gasteiger partial charge in [-0.1, -0.05) is 29.4 Å². The lowest BCUT2D eigenvalue weighted by Gasteiger charge is -2.10. The zero-order valence-corrected chi connectivity index (χ0v) is 16.3. The van der Waals surface area contributed by atoms with Crippen molar-refractivity contribution in [3.63, 3.8) is 0 Å². The number of rotatable bonds is 7. The van der Waals surface area contributed by atoms with Crippen molar-refractivity contribution in [3.8, 4) is 0 Å². The number of aryl methyl sites for hydroxylation is 2. The third kappa shape index (κ3) is 5.41. The highest BCUT2D eigenvalue weighted by atomic mass is 16.5. The van der Waals surface area contributed by atoms with Crippen molar-refractivity contribution in [2.24, 2.45) is 0 Å². The van der Waals surface area contributed by atoms with Gasteiger partial charge in [-0.2, -0.15) is 0 Å². The van der Waals surface area contributed by atoms with Crippen LogP contribution in [0, 0.1) is 13.8 Å². The Morgan fingerprint density at radius 1 is 1.14 bits per heavy atom. The maximum Gasteiger partial charge on any atom is 0.252 e. The van der Waals surface area contributed by atoms with Gasteiger partial charge in [0.1, 0.15) is 12.3 Å². The second kappa shape index (κ2) is 9.01. The van der Waals surface area contributed by atoms with E-state index in [2.05, 4.69) is 15.8 Å². The number of hydrogen-bond donors (Lipinski definition) is 2. The number of aromatic nitrogens is 2. The van der Waals surface area contributed by atoms with Gasteiger partial charge >= 0.3 is 0 Å². The zero-order valence-electron chi connectivity index (χ0n) is 16.3. The molecule has 29 heavy (non-hydrogen) atoms. The second-order valence-corrected chi connectivity index (χ2v) is 6.69. The SMILES string of the molecule is Cc1cc(NC(=O)Cn2cc(C(=O)NCCc3ccccc3C)ccc2=O)no1. The van der Waals surface area contributed by atoms with Crippen LogP contribution in [0.15, 0.2) is 58.0 Å². The summed E-state index contributed by atoms with van der Waals surface area (Å²) in [5.41, 5.74) is 2.26. The van der Waals surface area contributed by atoms with E-state index in [0.29, 0.717) is 24.3 Å². The van der Waals surface area contributed by atoms with Gasteiger partial charge in [0.25, 0.3) is 11.5 Å². The largest absolute Gasteiger partial charge is 0.360 e. The van der Waals surface area contributed by atoms with Crippen molar-refractivity contribution in [1.29, 1.82) is 0 Å². The van der Waals surface area contributed by atoms with E-state index in [-0.39, 0.29) is 23.8 Å². The van der Waals surface area contributed by atoms with Gasteiger partial charge in [0.15, 0.2) is 5.82 Å². The Balaban J connectivity index is 1.60. The number of benzene rings is 1. The molecule has 0 saturated carbocycles. The summed E-state index contributed by atoms with van der Waals surface area (Å²) in [7, 11) is 0. The summed E-state index contributed by atoms with van der Waals surface area (Å²) in [6.45, 7) is 3.96. The van der Waals surface area contributed by atoms with Crippen LogP contribution >= 0.6 is 0 Å². The molecule has 0 spiro atoms. The third-order valence-corrected chi connectivity index (χ3v) is 4.40.